The molecule has 2 atom stereocenters. The van der Waals surface area contributed by atoms with E-state index in [9.17, 15) is 9.90 Å². The van der Waals surface area contributed by atoms with E-state index in [-0.39, 0.29) is 12.1 Å². The summed E-state index contributed by atoms with van der Waals surface area (Å²) in [5.74, 6) is 7.60. The molecule has 0 aromatic rings. The molecule has 0 spiro atoms. The second-order valence-corrected chi connectivity index (χ2v) is 12.0. The first kappa shape index (κ1) is 27.2. The number of aliphatic hydroxyl groups excluding tert-OH is 1. The zero-order valence-electron chi connectivity index (χ0n) is 20.4. The van der Waals surface area contributed by atoms with Gasteiger partial charge < -0.3 is 9.84 Å². The minimum Gasteiger partial charge on any atom is -0.444 e. The topological polar surface area (TPSA) is 49.8 Å². The first-order valence-corrected chi connectivity index (χ1v) is 12.8. The number of ether oxygens (including phenoxy) is 1. The lowest BCUT2D eigenvalue weighted by molar-refractivity contribution is -0.00272. The van der Waals surface area contributed by atoms with Crippen LogP contribution in [0, 0.1) is 17.8 Å². The lowest BCUT2D eigenvalue weighted by Crippen LogP contribution is -2.52. The molecule has 174 valence electrons. The minimum atomic E-state index is -0.840. The second kappa shape index (κ2) is 12.9. The van der Waals surface area contributed by atoms with Gasteiger partial charge in [0.25, 0.3) is 0 Å². The van der Waals surface area contributed by atoms with Crippen molar-refractivity contribution >= 4 is 17.9 Å². The number of thioether (sulfide) groups is 1. The maximum absolute atomic E-state index is 12.7. The number of hydrogen-bond acceptors (Lipinski definition) is 4. The van der Waals surface area contributed by atoms with Crippen molar-refractivity contribution in [3.63, 3.8) is 0 Å². The van der Waals surface area contributed by atoms with Gasteiger partial charge in [-0.05, 0) is 47.0 Å². The molecule has 1 N–H and O–H groups in total. The first-order valence-electron chi connectivity index (χ1n) is 11.8. The molecule has 1 aliphatic rings. The van der Waals surface area contributed by atoms with Crippen LogP contribution in [0.15, 0.2) is 0 Å². The van der Waals surface area contributed by atoms with Crippen molar-refractivity contribution in [2.24, 2.45) is 5.92 Å². The van der Waals surface area contributed by atoms with Crippen LogP contribution in [-0.4, -0.2) is 44.5 Å². The highest BCUT2D eigenvalue weighted by Gasteiger charge is 2.47. The molecule has 30 heavy (non-hydrogen) atoms. The fraction of sp³-hybridized carbons (Fsp3) is 0.880. The van der Waals surface area contributed by atoms with Crippen molar-refractivity contribution < 1.29 is 14.6 Å². The Labute approximate surface area is 189 Å². The van der Waals surface area contributed by atoms with Crippen molar-refractivity contribution in [3.8, 4) is 11.8 Å². The molecule has 0 aromatic heterocycles. The van der Waals surface area contributed by atoms with Crippen LogP contribution in [0.5, 0.6) is 0 Å². The van der Waals surface area contributed by atoms with Crippen molar-refractivity contribution in [1.82, 2.24) is 4.90 Å². The predicted octanol–water partition coefficient (Wildman–Crippen LogP) is 6.61. The quantitative estimate of drug-likeness (QED) is 0.307. The molecule has 1 heterocycles. The fourth-order valence-electron chi connectivity index (χ4n) is 3.65. The number of hydrogen-bond donors (Lipinski definition) is 1. The van der Waals surface area contributed by atoms with Gasteiger partial charge in [0.2, 0.25) is 0 Å². The number of carbonyl (C=O) groups excluding carboxylic acids is 1. The molecular weight excluding hydrogens is 394 g/mol. The van der Waals surface area contributed by atoms with Crippen LogP contribution in [0.25, 0.3) is 0 Å². The Morgan fingerprint density at radius 2 is 1.70 bits per heavy atom. The Morgan fingerprint density at radius 1 is 1.13 bits per heavy atom. The molecule has 0 saturated carbocycles. The summed E-state index contributed by atoms with van der Waals surface area (Å²) in [5, 5.41) is 10.6. The summed E-state index contributed by atoms with van der Waals surface area (Å²) in [6, 6.07) is -0.335. The monoisotopic (exact) mass is 439 g/mol. The molecule has 0 unspecified atom stereocenters. The highest BCUT2D eigenvalue weighted by molar-refractivity contribution is 8.00. The molecule has 0 aliphatic carbocycles. The average Bonchev–Trinajstić information content (AvgIpc) is 2.93. The van der Waals surface area contributed by atoms with Gasteiger partial charge in [0.1, 0.15) is 11.7 Å². The van der Waals surface area contributed by atoms with Gasteiger partial charge in [0.15, 0.2) is 0 Å². The van der Waals surface area contributed by atoms with Crippen LogP contribution >= 0.6 is 11.8 Å². The summed E-state index contributed by atoms with van der Waals surface area (Å²) in [6.07, 6.45) is 9.85. The van der Waals surface area contributed by atoms with Gasteiger partial charge in [0.05, 0.1) is 10.9 Å². The zero-order valence-corrected chi connectivity index (χ0v) is 21.2. The fourth-order valence-corrected chi connectivity index (χ4v) is 4.91. The molecule has 1 aliphatic heterocycles. The van der Waals surface area contributed by atoms with Crippen molar-refractivity contribution in [1.29, 1.82) is 0 Å². The van der Waals surface area contributed by atoms with E-state index < -0.39 is 16.6 Å². The van der Waals surface area contributed by atoms with Crippen molar-refractivity contribution in [2.75, 3.05) is 5.75 Å². The van der Waals surface area contributed by atoms with Gasteiger partial charge in [-0.15, -0.1) is 17.7 Å². The zero-order chi connectivity index (χ0) is 22.8. The Kier molecular flexibility index (Phi) is 11.7. The normalized spacial score (nSPS) is 19.5. The maximum Gasteiger partial charge on any atom is 0.411 e. The van der Waals surface area contributed by atoms with Crippen LogP contribution in [0.3, 0.4) is 0 Å². The molecule has 0 radical (unpaired) electrons. The molecule has 1 fully saturated rings. The highest BCUT2D eigenvalue weighted by Crippen LogP contribution is 2.40. The van der Waals surface area contributed by atoms with Crippen LogP contribution in [0.2, 0.25) is 0 Å². The van der Waals surface area contributed by atoms with E-state index in [1.807, 2.05) is 34.6 Å². The highest BCUT2D eigenvalue weighted by atomic mass is 32.2. The summed E-state index contributed by atoms with van der Waals surface area (Å²) < 4.78 is 5.57. The number of nitrogens with zero attached hydrogens (tertiary/aromatic N) is 1. The number of rotatable bonds is 10. The van der Waals surface area contributed by atoms with Gasteiger partial charge in [0, 0.05) is 12.2 Å². The van der Waals surface area contributed by atoms with E-state index in [0.717, 1.165) is 18.8 Å². The molecule has 5 heteroatoms. The van der Waals surface area contributed by atoms with Gasteiger partial charge in [-0.1, -0.05) is 64.7 Å². The molecule has 1 rings (SSSR count). The Morgan fingerprint density at radius 3 is 2.27 bits per heavy atom. The molecule has 0 aromatic carbocycles. The smallest absolute Gasteiger partial charge is 0.411 e. The predicted molar refractivity (Wildman–Crippen MR) is 129 cm³/mol. The summed E-state index contributed by atoms with van der Waals surface area (Å²) in [6.45, 7) is 14.1. The van der Waals surface area contributed by atoms with Gasteiger partial charge in [-0.3, -0.25) is 4.90 Å². The van der Waals surface area contributed by atoms with Crippen molar-refractivity contribution in [3.05, 3.63) is 0 Å². The summed E-state index contributed by atoms with van der Waals surface area (Å²) >= 11 is 1.66. The van der Waals surface area contributed by atoms with E-state index in [1.165, 1.54) is 44.9 Å². The van der Waals surface area contributed by atoms with Crippen LogP contribution in [0.1, 0.15) is 106 Å². The third-order valence-corrected chi connectivity index (χ3v) is 6.72. The van der Waals surface area contributed by atoms with Gasteiger partial charge >= 0.3 is 6.09 Å². The summed E-state index contributed by atoms with van der Waals surface area (Å²) in [5.41, 5.74) is -0.559. The number of carbonyl (C=O) groups is 1. The molecule has 4 nitrogen and oxygen atoms in total. The van der Waals surface area contributed by atoms with Crippen molar-refractivity contribution in [2.45, 2.75) is 129 Å². The molecule has 0 bridgehead atoms. The van der Waals surface area contributed by atoms with Crippen LogP contribution in [0.4, 0.5) is 4.79 Å². The lowest BCUT2D eigenvalue weighted by atomic mass is 10.0. The minimum absolute atomic E-state index is 0.335. The van der Waals surface area contributed by atoms with E-state index >= 15 is 0 Å². The third-order valence-electron chi connectivity index (χ3n) is 5.31. The summed E-state index contributed by atoms with van der Waals surface area (Å²) in [7, 11) is 0. The standard InChI is InChI=1S/C25H45NO3S/c1-20(2)17-15-13-11-9-8-10-12-14-16-18-22(27)21-19-30-25(6,7)26(21)23(28)29-24(3,4)5/h20-22,27H,8-15,17,19H2,1-7H3/t21-,22+/m0/s1. The van der Waals surface area contributed by atoms with E-state index in [4.69, 9.17) is 4.74 Å². The molecular formula is C25H45NO3S. The van der Waals surface area contributed by atoms with Crippen LogP contribution < -0.4 is 0 Å². The van der Waals surface area contributed by atoms with E-state index in [1.54, 1.807) is 16.7 Å². The number of amides is 1. The largest absolute Gasteiger partial charge is 0.444 e. The van der Waals surface area contributed by atoms with Crippen LogP contribution in [-0.2, 0) is 4.74 Å². The maximum atomic E-state index is 12.7. The third kappa shape index (κ3) is 10.4. The summed E-state index contributed by atoms with van der Waals surface area (Å²) in [4.78, 5) is 14.0. The Bertz CT molecular complexity index is 571. The Balaban J connectivity index is 2.35. The Hall–Kier alpha value is -0.860. The number of aliphatic hydroxyl groups is 1. The van der Waals surface area contributed by atoms with Gasteiger partial charge in [-0.2, -0.15) is 0 Å². The van der Waals surface area contributed by atoms with E-state index in [0.29, 0.717) is 5.75 Å². The average molecular weight is 440 g/mol. The lowest BCUT2D eigenvalue weighted by Gasteiger charge is -2.36. The second-order valence-electron chi connectivity index (χ2n) is 10.3. The molecule has 1 saturated heterocycles. The number of unbranched alkanes of at least 4 members (excludes halogenated alkanes) is 7. The van der Waals surface area contributed by atoms with E-state index in [2.05, 4.69) is 25.7 Å². The van der Waals surface area contributed by atoms with Gasteiger partial charge in [-0.25, -0.2) is 4.79 Å². The first-order chi connectivity index (χ1) is 13.9. The SMILES string of the molecule is CC(C)CCCCCCCCCC#C[C@@H](O)[C@@H]1CSC(C)(C)N1C(=O)OC(C)(C)C. The molecule has 1 amide bonds.